The van der Waals surface area contributed by atoms with E-state index in [1.807, 2.05) is 42.8 Å². The van der Waals surface area contributed by atoms with Crippen molar-refractivity contribution in [3.05, 3.63) is 58.9 Å². The van der Waals surface area contributed by atoms with Crippen molar-refractivity contribution in [2.45, 2.75) is 18.4 Å². The first-order chi connectivity index (χ1) is 10.9. The van der Waals surface area contributed by atoms with Crippen LogP contribution >= 0.6 is 11.6 Å². The first kappa shape index (κ1) is 16.0. The van der Waals surface area contributed by atoms with Crippen LogP contribution in [0.1, 0.15) is 11.4 Å². The van der Waals surface area contributed by atoms with E-state index in [1.165, 1.54) is 6.07 Å². The highest BCUT2D eigenvalue weighted by Crippen LogP contribution is 2.20. The molecule has 1 N–H and O–H groups in total. The van der Waals surface area contributed by atoms with Gasteiger partial charge in [0.25, 0.3) is 0 Å². The number of aryl methyl sites for hydroxylation is 2. The van der Waals surface area contributed by atoms with Crippen LogP contribution in [-0.2, 0) is 23.6 Å². The predicted octanol–water partition coefficient (Wildman–Crippen LogP) is 3.01. The van der Waals surface area contributed by atoms with Gasteiger partial charge >= 0.3 is 0 Å². The Kier molecular flexibility index (Phi) is 4.14. The van der Waals surface area contributed by atoms with Gasteiger partial charge in [-0.2, -0.15) is 0 Å². The number of sulfonamides is 1. The van der Waals surface area contributed by atoms with Gasteiger partial charge in [-0.15, -0.1) is 0 Å². The summed E-state index contributed by atoms with van der Waals surface area (Å²) in [5, 5.41) is 0.426. The van der Waals surface area contributed by atoms with E-state index in [4.69, 9.17) is 11.6 Å². The number of hydrogen-bond acceptors (Lipinski definition) is 3. The number of hydrogen-bond donors (Lipinski definition) is 1. The van der Waals surface area contributed by atoms with Gasteiger partial charge in [-0.25, -0.2) is 18.1 Å². The van der Waals surface area contributed by atoms with Gasteiger partial charge < -0.3 is 4.57 Å². The first-order valence-corrected chi connectivity index (χ1v) is 8.91. The van der Waals surface area contributed by atoms with Crippen molar-refractivity contribution >= 4 is 32.7 Å². The molecule has 0 atom stereocenters. The Hall–Kier alpha value is -1.89. The van der Waals surface area contributed by atoms with Gasteiger partial charge in [0, 0.05) is 12.1 Å². The van der Waals surface area contributed by atoms with Crippen LogP contribution in [0.4, 0.5) is 0 Å². The van der Waals surface area contributed by atoms with E-state index in [0.29, 0.717) is 10.8 Å². The lowest BCUT2D eigenvalue weighted by Crippen LogP contribution is -2.24. The van der Waals surface area contributed by atoms with E-state index in [2.05, 4.69) is 9.71 Å². The molecule has 2 aromatic carbocycles. The maximum Gasteiger partial charge on any atom is 0.241 e. The number of para-hydroxylation sites is 2. The third kappa shape index (κ3) is 3.10. The predicted molar refractivity (Wildman–Crippen MR) is 90.9 cm³/mol. The molecule has 0 fully saturated rings. The molecule has 0 aliphatic carbocycles. The summed E-state index contributed by atoms with van der Waals surface area (Å²) in [5.74, 6) is 0.646. The summed E-state index contributed by atoms with van der Waals surface area (Å²) >= 11 is 6.01. The van der Waals surface area contributed by atoms with Crippen molar-refractivity contribution in [2.75, 3.05) is 0 Å². The summed E-state index contributed by atoms with van der Waals surface area (Å²) in [5.41, 5.74) is 2.63. The molecule has 0 amide bonds. The highest BCUT2D eigenvalue weighted by molar-refractivity contribution is 7.89. The second-order valence-electron chi connectivity index (χ2n) is 5.31. The van der Waals surface area contributed by atoms with E-state index >= 15 is 0 Å². The number of fused-ring (bicyclic) bond motifs is 1. The molecule has 0 unspecified atom stereocenters. The third-order valence-corrected chi connectivity index (χ3v) is 5.56. The molecule has 1 aromatic heterocycles. The standard InChI is InChI=1S/C16H16ClN3O2S/c1-11-7-8-12(9-13(11)17)23(21,22)18-10-16-19-14-5-3-4-6-15(14)20(16)2/h3-9,18H,10H2,1-2H3. The molecule has 0 spiro atoms. The third-order valence-electron chi connectivity index (χ3n) is 3.75. The average Bonchev–Trinajstić information content (AvgIpc) is 2.85. The summed E-state index contributed by atoms with van der Waals surface area (Å²) < 4.78 is 29.2. The van der Waals surface area contributed by atoms with Crippen LogP contribution in [0, 0.1) is 6.92 Å². The fourth-order valence-corrected chi connectivity index (χ4v) is 3.59. The monoisotopic (exact) mass is 349 g/mol. The van der Waals surface area contributed by atoms with Crippen molar-refractivity contribution in [2.24, 2.45) is 7.05 Å². The molecule has 0 bridgehead atoms. The van der Waals surface area contributed by atoms with Crippen LogP contribution in [0.2, 0.25) is 5.02 Å². The second-order valence-corrected chi connectivity index (χ2v) is 7.49. The van der Waals surface area contributed by atoms with Gasteiger partial charge in [0.15, 0.2) is 0 Å². The SMILES string of the molecule is Cc1ccc(S(=O)(=O)NCc2nc3ccccc3n2C)cc1Cl. The number of benzene rings is 2. The number of nitrogens with one attached hydrogen (secondary N) is 1. The lowest BCUT2D eigenvalue weighted by molar-refractivity contribution is 0.578. The largest absolute Gasteiger partial charge is 0.330 e. The van der Waals surface area contributed by atoms with Gasteiger partial charge in [0.1, 0.15) is 5.82 Å². The molecule has 0 radical (unpaired) electrons. The number of nitrogens with zero attached hydrogens (tertiary/aromatic N) is 2. The van der Waals surface area contributed by atoms with Crippen molar-refractivity contribution in [1.29, 1.82) is 0 Å². The van der Waals surface area contributed by atoms with E-state index < -0.39 is 10.0 Å². The maximum atomic E-state index is 12.4. The minimum atomic E-state index is -3.64. The van der Waals surface area contributed by atoms with E-state index in [1.54, 1.807) is 12.1 Å². The van der Waals surface area contributed by atoms with Crippen LogP contribution in [0.15, 0.2) is 47.4 Å². The molecule has 3 aromatic rings. The van der Waals surface area contributed by atoms with Crippen LogP contribution in [0.25, 0.3) is 11.0 Å². The summed E-state index contributed by atoms with van der Waals surface area (Å²) in [6.45, 7) is 1.94. The molecule has 0 aliphatic heterocycles. The molecular formula is C16H16ClN3O2S. The van der Waals surface area contributed by atoms with Crippen molar-refractivity contribution in [3.63, 3.8) is 0 Å². The summed E-state index contributed by atoms with van der Waals surface area (Å²) in [4.78, 5) is 4.60. The van der Waals surface area contributed by atoms with Crippen molar-refractivity contribution in [1.82, 2.24) is 14.3 Å². The summed E-state index contributed by atoms with van der Waals surface area (Å²) in [6, 6.07) is 12.3. The zero-order valence-electron chi connectivity index (χ0n) is 12.7. The maximum absolute atomic E-state index is 12.4. The first-order valence-electron chi connectivity index (χ1n) is 7.04. The van der Waals surface area contributed by atoms with Crippen LogP contribution in [0.5, 0.6) is 0 Å². The number of imidazole rings is 1. The van der Waals surface area contributed by atoms with Gasteiger partial charge in [-0.3, -0.25) is 0 Å². The lowest BCUT2D eigenvalue weighted by Gasteiger charge is -2.08. The molecule has 0 aliphatic rings. The zero-order valence-corrected chi connectivity index (χ0v) is 14.3. The quantitative estimate of drug-likeness (QED) is 0.787. The molecule has 0 saturated carbocycles. The topological polar surface area (TPSA) is 64.0 Å². The highest BCUT2D eigenvalue weighted by atomic mass is 35.5. The fourth-order valence-electron chi connectivity index (χ4n) is 2.34. The number of aromatic nitrogens is 2. The molecule has 23 heavy (non-hydrogen) atoms. The smallest absolute Gasteiger partial charge is 0.241 e. The number of rotatable bonds is 4. The Morgan fingerprint density at radius 1 is 1.22 bits per heavy atom. The summed E-state index contributed by atoms with van der Waals surface area (Å²) in [6.07, 6.45) is 0. The van der Waals surface area contributed by atoms with Crippen molar-refractivity contribution in [3.8, 4) is 0 Å². The Labute approximate surface area is 140 Å². The molecular weight excluding hydrogens is 334 g/mol. The summed E-state index contributed by atoms with van der Waals surface area (Å²) in [7, 11) is -1.78. The normalized spacial score (nSPS) is 12.0. The minimum absolute atomic E-state index is 0.110. The average molecular weight is 350 g/mol. The Morgan fingerprint density at radius 3 is 2.65 bits per heavy atom. The van der Waals surface area contributed by atoms with E-state index in [9.17, 15) is 8.42 Å². The van der Waals surface area contributed by atoms with Crippen molar-refractivity contribution < 1.29 is 8.42 Å². The van der Waals surface area contributed by atoms with E-state index in [-0.39, 0.29) is 11.4 Å². The fraction of sp³-hybridized carbons (Fsp3) is 0.188. The van der Waals surface area contributed by atoms with Gasteiger partial charge in [-0.05, 0) is 36.8 Å². The van der Waals surface area contributed by atoms with Crippen LogP contribution in [-0.4, -0.2) is 18.0 Å². The number of halogens is 1. The molecule has 1 heterocycles. The Morgan fingerprint density at radius 2 is 1.96 bits per heavy atom. The van der Waals surface area contributed by atoms with Crippen LogP contribution in [0.3, 0.4) is 0 Å². The molecule has 5 nitrogen and oxygen atoms in total. The second kappa shape index (κ2) is 5.96. The lowest BCUT2D eigenvalue weighted by atomic mass is 10.2. The molecule has 0 saturated heterocycles. The molecule has 120 valence electrons. The van der Waals surface area contributed by atoms with E-state index in [0.717, 1.165) is 16.6 Å². The van der Waals surface area contributed by atoms with Crippen LogP contribution < -0.4 is 4.72 Å². The zero-order chi connectivity index (χ0) is 16.6. The minimum Gasteiger partial charge on any atom is -0.330 e. The van der Waals surface area contributed by atoms with Gasteiger partial charge in [0.05, 0.1) is 22.5 Å². The molecule has 7 heteroatoms. The molecule has 3 rings (SSSR count). The Balaban J connectivity index is 1.86. The Bertz CT molecular complexity index is 980. The highest BCUT2D eigenvalue weighted by Gasteiger charge is 2.16. The van der Waals surface area contributed by atoms with Gasteiger partial charge in [0.2, 0.25) is 10.0 Å². The van der Waals surface area contributed by atoms with Gasteiger partial charge in [-0.1, -0.05) is 29.8 Å².